The molecular weight excluding hydrogens is 355 g/mol. The van der Waals surface area contributed by atoms with Gasteiger partial charge < -0.3 is 10.4 Å². The SMILES string of the molecule is CC(C)c1nc(C(=O)N[C@@H](C)C(=O)O)nn1-c1c(Cl)cccc1Cl. The number of aliphatic carboxylic acids is 1. The quantitative estimate of drug-likeness (QED) is 0.842. The van der Waals surface area contributed by atoms with E-state index in [-0.39, 0.29) is 11.7 Å². The van der Waals surface area contributed by atoms with Gasteiger partial charge in [-0.3, -0.25) is 9.59 Å². The number of hydrogen-bond donors (Lipinski definition) is 2. The minimum atomic E-state index is -1.15. The van der Waals surface area contributed by atoms with Gasteiger partial charge in [0.15, 0.2) is 0 Å². The Labute approximate surface area is 148 Å². The number of hydrogen-bond acceptors (Lipinski definition) is 4. The van der Waals surface area contributed by atoms with E-state index in [0.29, 0.717) is 21.6 Å². The highest BCUT2D eigenvalue weighted by Crippen LogP contribution is 2.30. The Bertz CT molecular complexity index is 769. The van der Waals surface area contributed by atoms with Gasteiger partial charge in [-0.2, -0.15) is 0 Å². The Kier molecular flexibility index (Phi) is 5.46. The zero-order valence-corrected chi connectivity index (χ0v) is 14.8. The van der Waals surface area contributed by atoms with Crippen molar-refractivity contribution in [3.05, 3.63) is 39.9 Å². The molecule has 24 heavy (non-hydrogen) atoms. The summed E-state index contributed by atoms with van der Waals surface area (Å²) < 4.78 is 1.41. The number of amides is 1. The monoisotopic (exact) mass is 370 g/mol. The van der Waals surface area contributed by atoms with Crippen molar-refractivity contribution in [1.29, 1.82) is 0 Å². The van der Waals surface area contributed by atoms with Gasteiger partial charge in [0.1, 0.15) is 17.6 Å². The van der Waals surface area contributed by atoms with Gasteiger partial charge in [0.25, 0.3) is 5.91 Å². The zero-order chi connectivity index (χ0) is 18.0. The van der Waals surface area contributed by atoms with Gasteiger partial charge in [0, 0.05) is 5.92 Å². The number of nitrogens with zero attached hydrogens (tertiary/aromatic N) is 3. The van der Waals surface area contributed by atoms with Crippen LogP contribution >= 0.6 is 23.2 Å². The van der Waals surface area contributed by atoms with Crippen LogP contribution in [-0.2, 0) is 4.79 Å². The lowest BCUT2D eigenvalue weighted by molar-refractivity contribution is -0.138. The van der Waals surface area contributed by atoms with E-state index in [4.69, 9.17) is 28.3 Å². The molecule has 0 bridgehead atoms. The first-order valence-electron chi connectivity index (χ1n) is 7.17. The number of nitrogens with one attached hydrogen (secondary N) is 1. The van der Waals surface area contributed by atoms with Crippen LogP contribution in [0.4, 0.5) is 0 Å². The predicted molar refractivity (Wildman–Crippen MR) is 90.0 cm³/mol. The molecule has 2 aromatic rings. The maximum Gasteiger partial charge on any atom is 0.325 e. The Balaban J connectivity index is 2.49. The van der Waals surface area contributed by atoms with Gasteiger partial charge in [0.2, 0.25) is 5.82 Å². The van der Waals surface area contributed by atoms with Crippen LogP contribution in [0.1, 0.15) is 43.1 Å². The molecule has 1 heterocycles. The van der Waals surface area contributed by atoms with Crippen LogP contribution in [0.25, 0.3) is 5.69 Å². The number of rotatable bonds is 5. The van der Waals surface area contributed by atoms with Gasteiger partial charge >= 0.3 is 5.97 Å². The fourth-order valence-electron chi connectivity index (χ4n) is 1.97. The summed E-state index contributed by atoms with van der Waals surface area (Å²) >= 11 is 12.4. The van der Waals surface area contributed by atoms with Crippen LogP contribution in [0.15, 0.2) is 18.2 Å². The van der Waals surface area contributed by atoms with E-state index in [1.54, 1.807) is 18.2 Å². The number of carboxylic acid groups (broad SMARTS) is 1. The first-order chi connectivity index (χ1) is 11.2. The molecule has 128 valence electrons. The summed E-state index contributed by atoms with van der Waals surface area (Å²) in [5, 5.41) is 16.1. The van der Waals surface area contributed by atoms with Crippen molar-refractivity contribution >= 4 is 35.1 Å². The zero-order valence-electron chi connectivity index (χ0n) is 13.2. The fourth-order valence-corrected chi connectivity index (χ4v) is 2.53. The molecule has 0 aliphatic heterocycles. The number of aromatic nitrogens is 3. The number of carboxylic acids is 1. The Morgan fingerprint density at radius 2 is 1.79 bits per heavy atom. The Morgan fingerprint density at radius 3 is 2.29 bits per heavy atom. The molecule has 0 fully saturated rings. The third kappa shape index (κ3) is 3.68. The van der Waals surface area contributed by atoms with Crippen LogP contribution in [-0.4, -0.2) is 37.8 Å². The van der Waals surface area contributed by atoms with E-state index in [2.05, 4.69) is 15.4 Å². The van der Waals surface area contributed by atoms with Gasteiger partial charge in [-0.15, -0.1) is 5.10 Å². The summed E-state index contributed by atoms with van der Waals surface area (Å²) in [7, 11) is 0. The molecule has 0 spiro atoms. The summed E-state index contributed by atoms with van der Waals surface area (Å²) in [5.74, 6) is -1.57. The molecule has 9 heteroatoms. The highest BCUT2D eigenvalue weighted by molar-refractivity contribution is 6.37. The Hall–Kier alpha value is -2.12. The average molecular weight is 371 g/mol. The molecule has 1 aromatic carbocycles. The van der Waals surface area contributed by atoms with Crippen molar-refractivity contribution in [2.75, 3.05) is 0 Å². The van der Waals surface area contributed by atoms with E-state index in [1.165, 1.54) is 11.6 Å². The average Bonchev–Trinajstić information content (AvgIpc) is 2.92. The van der Waals surface area contributed by atoms with Crippen molar-refractivity contribution in [2.45, 2.75) is 32.7 Å². The third-order valence-corrected chi connectivity index (χ3v) is 3.83. The van der Waals surface area contributed by atoms with Crippen molar-refractivity contribution in [3.8, 4) is 5.69 Å². The highest BCUT2D eigenvalue weighted by atomic mass is 35.5. The molecule has 0 radical (unpaired) electrons. The second-order valence-electron chi connectivity index (χ2n) is 5.46. The molecule has 1 aromatic heterocycles. The van der Waals surface area contributed by atoms with E-state index >= 15 is 0 Å². The number of carbonyl (C=O) groups excluding carboxylic acids is 1. The molecule has 0 unspecified atom stereocenters. The highest BCUT2D eigenvalue weighted by Gasteiger charge is 2.24. The predicted octanol–water partition coefficient (Wildman–Crippen LogP) is 2.90. The van der Waals surface area contributed by atoms with Crippen molar-refractivity contribution < 1.29 is 14.7 Å². The standard InChI is InChI=1S/C15H16Cl2N4O3/c1-7(2)13-19-12(14(22)18-8(3)15(23)24)20-21(13)11-9(16)5-4-6-10(11)17/h4-8H,1-3H3,(H,18,22)(H,23,24)/t8-/m0/s1. The molecular formula is C15H16Cl2N4O3. The van der Waals surface area contributed by atoms with Gasteiger partial charge in [0.05, 0.1) is 10.0 Å². The van der Waals surface area contributed by atoms with Crippen LogP contribution < -0.4 is 5.32 Å². The van der Waals surface area contributed by atoms with E-state index in [0.717, 1.165) is 0 Å². The largest absolute Gasteiger partial charge is 0.480 e. The maximum atomic E-state index is 12.2. The first kappa shape index (κ1) is 18.2. The van der Waals surface area contributed by atoms with Crippen molar-refractivity contribution in [1.82, 2.24) is 20.1 Å². The van der Waals surface area contributed by atoms with Crippen molar-refractivity contribution in [3.63, 3.8) is 0 Å². The van der Waals surface area contributed by atoms with E-state index in [9.17, 15) is 9.59 Å². The first-order valence-corrected chi connectivity index (χ1v) is 7.93. The Morgan fingerprint density at radius 1 is 1.21 bits per heavy atom. The van der Waals surface area contributed by atoms with Crippen LogP contribution in [0.5, 0.6) is 0 Å². The molecule has 0 saturated heterocycles. The molecule has 1 amide bonds. The molecule has 7 nitrogen and oxygen atoms in total. The second kappa shape index (κ2) is 7.19. The maximum absolute atomic E-state index is 12.2. The smallest absolute Gasteiger partial charge is 0.325 e. The molecule has 0 aliphatic carbocycles. The summed E-state index contributed by atoms with van der Waals surface area (Å²) in [6.45, 7) is 5.12. The van der Waals surface area contributed by atoms with E-state index in [1.807, 2.05) is 13.8 Å². The number of para-hydroxylation sites is 1. The summed E-state index contributed by atoms with van der Waals surface area (Å²) in [4.78, 5) is 27.2. The van der Waals surface area contributed by atoms with Gasteiger partial charge in [-0.25, -0.2) is 9.67 Å². The lowest BCUT2D eigenvalue weighted by atomic mass is 10.2. The van der Waals surface area contributed by atoms with Crippen LogP contribution in [0, 0.1) is 0 Å². The number of halogens is 2. The fraction of sp³-hybridized carbons (Fsp3) is 0.333. The minimum absolute atomic E-state index is 0.0664. The molecule has 0 aliphatic rings. The topological polar surface area (TPSA) is 97.1 Å². The van der Waals surface area contributed by atoms with Gasteiger partial charge in [-0.05, 0) is 19.1 Å². The lowest BCUT2D eigenvalue weighted by Crippen LogP contribution is -2.38. The van der Waals surface area contributed by atoms with Crippen molar-refractivity contribution in [2.24, 2.45) is 0 Å². The molecule has 0 saturated carbocycles. The molecule has 2 rings (SSSR count). The normalized spacial score (nSPS) is 12.2. The summed E-state index contributed by atoms with van der Waals surface area (Å²) in [6.07, 6.45) is 0. The van der Waals surface area contributed by atoms with Gasteiger partial charge in [-0.1, -0.05) is 43.1 Å². The number of carbonyl (C=O) groups is 2. The van der Waals surface area contributed by atoms with Crippen LogP contribution in [0.3, 0.4) is 0 Å². The summed E-state index contributed by atoms with van der Waals surface area (Å²) in [6, 6.07) is 3.94. The summed E-state index contributed by atoms with van der Waals surface area (Å²) in [5.41, 5.74) is 0.419. The number of benzene rings is 1. The minimum Gasteiger partial charge on any atom is -0.480 e. The van der Waals surface area contributed by atoms with Crippen LogP contribution in [0.2, 0.25) is 10.0 Å². The second-order valence-corrected chi connectivity index (χ2v) is 6.28. The third-order valence-electron chi connectivity index (χ3n) is 3.22. The lowest BCUT2D eigenvalue weighted by Gasteiger charge is -2.11. The van der Waals surface area contributed by atoms with E-state index < -0.39 is 17.9 Å². The molecule has 2 N–H and O–H groups in total. The molecule has 1 atom stereocenters.